The number of aromatic nitrogens is 2. The molecule has 11 nitrogen and oxygen atoms in total. The molecule has 0 aliphatic carbocycles. The third-order valence-electron chi connectivity index (χ3n) is 7.41. The Morgan fingerprint density at radius 3 is 1.96 bits per heavy atom. The van der Waals surface area contributed by atoms with Gasteiger partial charge < -0.3 is 24.3 Å². The Bertz CT molecular complexity index is 1760. The van der Waals surface area contributed by atoms with Crippen LogP contribution in [0.3, 0.4) is 0 Å². The summed E-state index contributed by atoms with van der Waals surface area (Å²) in [6, 6.07) is 12.5. The molecule has 0 aliphatic rings. The first-order chi connectivity index (χ1) is 22.1. The van der Waals surface area contributed by atoms with Crippen LogP contribution in [0.4, 0.5) is 4.39 Å². The molecule has 0 bridgehead atoms. The van der Waals surface area contributed by atoms with Crippen LogP contribution in [-0.4, -0.2) is 58.6 Å². The number of nitriles is 2. The number of nitrogens with zero attached hydrogens (tertiary/aromatic N) is 4. The van der Waals surface area contributed by atoms with Gasteiger partial charge in [0.15, 0.2) is 11.3 Å². The van der Waals surface area contributed by atoms with Crippen LogP contribution in [0.25, 0.3) is 16.8 Å². The standard InChI is InChI=1S/C33H44FN5O6Si2/c1-42-28-12-10-25(34)17-27(28)32(40)37-20-23-9-11-26(31(43-2)24(18-35)19-36)30-29(23)38(21-44-13-15-46(3,4)5)33(41)39(30)22-45-14-16-47(6,7)8/h9-12,17H,13-16,20-22H2,1-8H3,(H,37,40). The fourth-order valence-corrected chi connectivity index (χ4v) is 6.28. The monoisotopic (exact) mass is 681 g/mol. The smallest absolute Gasteiger partial charge is 0.332 e. The molecule has 0 unspecified atom stereocenters. The lowest BCUT2D eigenvalue weighted by Crippen LogP contribution is -2.28. The van der Waals surface area contributed by atoms with Gasteiger partial charge in [0.1, 0.15) is 37.2 Å². The molecular formula is C33H44FN5O6Si2. The van der Waals surface area contributed by atoms with Crippen molar-refractivity contribution in [1.29, 1.82) is 10.5 Å². The summed E-state index contributed by atoms with van der Waals surface area (Å²) in [6.07, 6.45) is 0. The van der Waals surface area contributed by atoms with Crippen LogP contribution < -0.4 is 15.7 Å². The van der Waals surface area contributed by atoms with Crippen molar-refractivity contribution in [3.63, 3.8) is 0 Å². The van der Waals surface area contributed by atoms with E-state index in [-0.39, 0.29) is 42.7 Å². The van der Waals surface area contributed by atoms with E-state index in [4.69, 9.17) is 18.9 Å². The van der Waals surface area contributed by atoms with Crippen molar-refractivity contribution in [1.82, 2.24) is 14.5 Å². The van der Waals surface area contributed by atoms with Crippen LogP contribution in [0.2, 0.25) is 51.4 Å². The Labute approximate surface area is 277 Å². The number of allylic oxidation sites excluding steroid dienone is 1. The number of fused-ring (bicyclic) bond motifs is 1. The molecule has 3 aromatic rings. The number of hydrogen-bond acceptors (Lipinski definition) is 8. The van der Waals surface area contributed by atoms with Gasteiger partial charge in [0.05, 0.1) is 30.8 Å². The number of amides is 1. The van der Waals surface area contributed by atoms with Gasteiger partial charge in [-0.05, 0) is 41.9 Å². The zero-order chi connectivity index (χ0) is 34.9. The molecule has 47 heavy (non-hydrogen) atoms. The van der Waals surface area contributed by atoms with E-state index in [1.807, 2.05) is 12.1 Å². The molecule has 14 heteroatoms. The number of rotatable bonds is 16. The molecule has 0 radical (unpaired) electrons. The second-order valence-corrected chi connectivity index (χ2v) is 24.7. The Hall–Kier alpha value is -4.22. The predicted octanol–water partition coefficient (Wildman–Crippen LogP) is 5.91. The van der Waals surface area contributed by atoms with Gasteiger partial charge in [-0.15, -0.1) is 0 Å². The van der Waals surface area contributed by atoms with Gasteiger partial charge in [-0.2, -0.15) is 10.5 Å². The van der Waals surface area contributed by atoms with Crippen LogP contribution in [0.15, 0.2) is 40.7 Å². The van der Waals surface area contributed by atoms with E-state index < -0.39 is 33.6 Å². The van der Waals surface area contributed by atoms with Crippen molar-refractivity contribution in [3.8, 4) is 17.9 Å². The minimum atomic E-state index is -1.43. The third-order valence-corrected chi connectivity index (χ3v) is 10.8. The fourth-order valence-electron chi connectivity index (χ4n) is 4.77. The number of halogens is 1. The Morgan fingerprint density at radius 2 is 1.45 bits per heavy atom. The molecule has 0 saturated heterocycles. The summed E-state index contributed by atoms with van der Waals surface area (Å²) in [4.78, 5) is 27.3. The Kier molecular flexibility index (Phi) is 12.7. The lowest BCUT2D eigenvalue weighted by Gasteiger charge is -2.17. The van der Waals surface area contributed by atoms with Crippen molar-refractivity contribution >= 4 is 38.8 Å². The van der Waals surface area contributed by atoms with Crippen molar-refractivity contribution in [2.75, 3.05) is 27.4 Å². The average Bonchev–Trinajstić information content (AvgIpc) is 3.29. The van der Waals surface area contributed by atoms with Gasteiger partial charge in [0, 0.05) is 41.5 Å². The minimum Gasteiger partial charge on any atom is -0.496 e. The quantitative estimate of drug-likeness (QED) is 0.0852. The van der Waals surface area contributed by atoms with Gasteiger partial charge in [0.25, 0.3) is 5.91 Å². The second-order valence-electron chi connectivity index (χ2n) is 13.5. The van der Waals surface area contributed by atoms with E-state index >= 15 is 0 Å². The summed E-state index contributed by atoms with van der Waals surface area (Å²) < 4.78 is 39.8. The predicted molar refractivity (Wildman–Crippen MR) is 184 cm³/mol. The van der Waals surface area contributed by atoms with Crippen LogP contribution in [0, 0.1) is 28.5 Å². The number of benzene rings is 2. The SMILES string of the molecule is COC(=C(C#N)C#N)c1ccc(CNC(=O)c2cc(F)ccc2OC)c2c1n(COCC[Si](C)(C)C)c(=O)n2COCC[Si](C)(C)C. The topological polar surface area (TPSA) is 141 Å². The second kappa shape index (κ2) is 16.1. The van der Waals surface area contributed by atoms with E-state index in [1.165, 1.54) is 35.5 Å². The molecule has 0 fully saturated rings. The summed E-state index contributed by atoms with van der Waals surface area (Å²) in [5.74, 6) is -0.980. The highest BCUT2D eigenvalue weighted by Crippen LogP contribution is 2.31. The summed E-state index contributed by atoms with van der Waals surface area (Å²) in [5, 5.41) is 22.2. The molecule has 1 aromatic heterocycles. The highest BCUT2D eigenvalue weighted by atomic mass is 28.3. The maximum absolute atomic E-state index is 14.1. The molecule has 1 heterocycles. The molecule has 0 atom stereocenters. The fraction of sp³-hybridized carbons (Fsp3) is 0.455. The van der Waals surface area contributed by atoms with Gasteiger partial charge in [-0.25, -0.2) is 9.18 Å². The first kappa shape index (κ1) is 37.2. The lowest BCUT2D eigenvalue weighted by molar-refractivity contribution is 0.0754. The van der Waals surface area contributed by atoms with Gasteiger partial charge in [-0.1, -0.05) is 45.3 Å². The normalized spacial score (nSPS) is 11.6. The van der Waals surface area contributed by atoms with Crippen molar-refractivity contribution in [3.05, 3.63) is 68.9 Å². The molecular weight excluding hydrogens is 638 g/mol. The number of ether oxygens (including phenoxy) is 4. The largest absolute Gasteiger partial charge is 0.496 e. The van der Waals surface area contributed by atoms with E-state index in [1.54, 1.807) is 12.1 Å². The molecule has 0 spiro atoms. The first-order valence-electron chi connectivity index (χ1n) is 15.3. The van der Waals surface area contributed by atoms with Gasteiger partial charge >= 0.3 is 5.69 Å². The average molecular weight is 682 g/mol. The van der Waals surface area contributed by atoms with Gasteiger partial charge in [0.2, 0.25) is 0 Å². The molecule has 0 aliphatic heterocycles. The first-order valence-corrected chi connectivity index (χ1v) is 22.7. The Balaban J connectivity index is 2.22. The number of hydrogen-bond donors (Lipinski definition) is 1. The third kappa shape index (κ3) is 9.65. The maximum atomic E-state index is 14.1. The number of imidazole rings is 1. The highest BCUT2D eigenvalue weighted by molar-refractivity contribution is 6.76. The van der Waals surface area contributed by atoms with Crippen LogP contribution in [-0.2, 0) is 34.2 Å². The zero-order valence-electron chi connectivity index (χ0n) is 28.5. The molecule has 252 valence electrons. The summed E-state index contributed by atoms with van der Waals surface area (Å²) >= 11 is 0. The highest BCUT2D eigenvalue weighted by Gasteiger charge is 2.25. The maximum Gasteiger partial charge on any atom is 0.332 e. The van der Waals surface area contributed by atoms with Crippen molar-refractivity contribution in [2.45, 2.75) is 71.4 Å². The summed E-state index contributed by atoms with van der Waals surface area (Å²) in [6.45, 7) is 14.0. The van der Waals surface area contributed by atoms with Crippen LogP contribution in [0.5, 0.6) is 5.75 Å². The zero-order valence-corrected chi connectivity index (χ0v) is 30.5. The van der Waals surface area contributed by atoms with Crippen LogP contribution >= 0.6 is 0 Å². The number of nitrogens with one attached hydrogen (secondary N) is 1. The molecule has 0 saturated carbocycles. The summed E-state index contributed by atoms with van der Waals surface area (Å²) in [7, 11) is -0.122. The molecule has 1 amide bonds. The number of carbonyl (C=O) groups excluding carboxylic acids is 1. The minimum absolute atomic E-state index is 0.00673. The Morgan fingerprint density at radius 1 is 0.872 bits per heavy atom. The van der Waals surface area contributed by atoms with E-state index in [9.17, 15) is 24.5 Å². The number of methoxy groups -OCH3 is 2. The lowest BCUT2D eigenvalue weighted by atomic mass is 10.0. The van der Waals surface area contributed by atoms with Crippen LogP contribution in [0.1, 0.15) is 21.5 Å². The van der Waals surface area contributed by atoms with Crippen molar-refractivity contribution < 1.29 is 28.1 Å². The number of carbonyl (C=O) groups is 1. The van der Waals surface area contributed by atoms with Crippen molar-refractivity contribution in [2.24, 2.45) is 0 Å². The molecule has 2 aromatic carbocycles. The van der Waals surface area contributed by atoms with Gasteiger partial charge in [-0.3, -0.25) is 13.9 Å². The van der Waals surface area contributed by atoms with E-state index in [0.29, 0.717) is 35.4 Å². The summed E-state index contributed by atoms with van der Waals surface area (Å²) in [5.41, 5.74) is 0.930. The molecule has 1 N–H and O–H groups in total. The van der Waals surface area contributed by atoms with E-state index in [0.717, 1.165) is 18.2 Å². The molecule has 3 rings (SSSR count). The van der Waals surface area contributed by atoms with E-state index in [2.05, 4.69) is 44.6 Å².